The van der Waals surface area contributed by atoms with E-state index in [1.54, 1.807) is 0 Å². The molecule has 2 rings (SSSR count). The molecule has 0 radical (unpaired) electrons. The van der Waals surface area contributed by atoms with Gasteiger partial charge in [0, 0.05) is 7.11 Å². The second kappa shape index (κ2) is 5.85. The van der Waals surface area contributed by atoms with Crippen molar-refractivity contribution in [3.05, 3.63) is 23.8 Å². The maximum absolute atomic E-state index is 11.7. The van der Waals surface area contributed by atoms with Crippen molar-refractivity contribution in [1.82, 2.24) is 4.98 Å². The Balaban J connectivity index is 2.22. The lowest BCUT2D eigenvalue weighted by Crippen LogP contribution is -2.19. The minimum atomic E-state index is -3.39. The number of anilines is 1. The molecule has 1 aromatic carbocycles. The van der Waals surface area contributed by atoms with Crippen LogP contribution in [0.15, 0.2) is 18.2 Å². The molecule has 19 heavy (non-hydrogen) atoms. The highest BCUT2D eigenvalue weighted by atomic mass is 32.2. The first-order valence-corrected chi connectivity index (χ1v) is 8.40. The van der Waals surface area contributed by atoms with E-state index in [4.69, 9.17) is 4.74 Å². The second-order valence-electron chi connectivity index (χ2n) is 4.09. The number of nitrogens with one attached hydrogen (secondary N) is 1. The van der Waals surface area contributed by atoms with Gasteiger partial charge in [-0.1, -0.05) is 24.3 Å². The summed E-state index contributed by atoms with van der Waals surface area (Å²) < 4.78 is 31.7. The standard InChI is InChI=1S/C12H16N2O3S2/c1-3-9-4-5-10-11(8-9)18-12(13-10)14-19(15,16)7-6-17-2/h4-5,8H,3,6-7H2,1-2H3,(H,13,14). The lowest BCUT2D eigenvalue weighted by molar-refractivity contribution is 0.217. The van der Waals surface area contributed by atoms with Gasteiger partial charge < -0.3 is 4.74 Å². The molecule has 0 aliphatic rings. The molecule has 0 saturated carbocycles. The van der Waals surface area contributed by atoms with E-state index in [0.717, 1.165) is 16.6 Å². The maximum atomic E-state index is 11.7. The van der Waals surface area contributed by atoms with Gasteiger partial charge in [-0.05, 0) is 24.1 Å². The van der Waals surface area contributed by atoms with Crippen LogP contribution in [-0.4, -0.2) is 32.9 Å². The van der Waals surface area contributed by atoms with Gasteiger partial charge in [-0.2, -0.15) is 0 Å². The van der Waals surface area contributed by atoms with Crippen molar-refractivity contribution in [2.24, 2.45) is 0 Å². The van der Waals surface area contributed by atoms with Crippen LogP contribution in [0, 0.1) is 0 Å². The third-order valence-corrected chi connectivity index (χ3v) is 4.93. The molecular formula is C12H16N2O3S2. The second-order valence-corrected chi connectivity index (χ2v) is 6.96. The van der Waals surface area contributed by atoms with E-state index in [9.17, 15) is 8.42 Å². The molecular weight excluding hydrogens is 284 g/mol. The van der Waals surface area contributed by atoms with Gasteiger partial charge >= 0.3 is 0 Å². The molecule has 0 unspecified atom stereocenters. The van der Waals surface area contributed by atoms with E-state index in [-0.39, 0.29) is 12.4 Å². The number of hydrogen-bond acceptors (Lipinski definition) is 5. The Hall–Kier alpha value is -1.18. The van der Waals surface area contributed by atoms with Crippen molar-refractivity contribution in [3.63, 3.8) is 0 Å². The summed E-state index contributed by atoms with van der Waals surface area (Å²) in [6, 6.07) is 5.96. The van der Waals surface area contributed by atoms with Gasteiger partial charge in [0.2, 0.25) is 10.0 Å². The first-order chi connectivity index (χ1) is 9.04. The minimum absolute atomic E-state index is 0.0698. The number of aromatic nitrogens is 1. The van der Waals surface area contributed by atoms with Crippen LogP contribution in [-0.2, 0) is 21.2 Å². The molecule has 1 N–H and O–H groups in total. The molecule has 0 spiro atoms. The summed E-state index contributed by atoms with van der Waals surface area (Å²) in [5, 5.41) is 0.402. The molecule has 0 atom stereocenters. The Bertz CT molecular complexity index is 665. The topological polar surface area (TPSA) is 68.3 Å². The maximum Gasteiger partial charge on any atom is 0.236 e. The Kier molecular flexibility index (Phi) is 4.38. The predicted octanol–water partition coefficient (Wildman–Crippen LogP) is 2.25. The first-order valence-electron chi connectivity index (χ1n) is 5.93. The average Bonchev–Trinajstić information content (AvgIpc) is 2.76. The third kappa shape index (κ3) is 3.65. The molecule has 0 amide bonds. The lowest BCUT2D eigenvalue weighted by atomic mass is 10.2. The Morgan fingerprint density at radius 2 is 2.21 bits per heavy atom. The van der Waals surface area contributed by atoms with Crippen LogP contribution in [0.25, 0.3) is 10.2 Å². The quantitative estimate of drug-likeness (QED) is 0.888. The zero-order valence-electron chi connectivity index (χ0n) is 10.8. The van der Waals surface area contributed by atoms with Crippen LogP contribution in [0.5, 0.6) is 0 Å². The number of thiazole rings is 1. The summed E-state index contributed by atoms with van der Waals surface area (Å²) in [6.45, 7) is 2.25. The molecule has 0 fully saturated rings. The van der Waals surface area contributed by atoms with E-state index >= 15 is 0 Å². The highest BCUT2D eigenvalue weighted by Gasteiger charge is 2.13. The fraction of sp³-hybridized carbons (Fsp3) is 0.417. The van der Waals surface area contributed by atoms with Crippen LogP contribution in [0.4, 0.5) is 5.13 Å². The van der Waals surface area contributed by atoms with Crippen LogP contribution >= 0.6 is 11.3 Å². The van der Waals surface area contributed by atoms with Crippen molar-refractivity contribution in [2.75, 3.05) is 24.2 Å². The van der Waals surface area contributed by atoms with E-state index in [1.165, 1.54) is 24.0 Å². The largest absolute Gasteiger partial charge is 0.384 e. The van der Waals surface area contributed by atoms with Gasteiger partial charge in [0.25, 0.3) is 0 Å². The highest BCUT2D eigenvalue weighted by Crippen LogP contribution is 2.27. The Labute approximate surface area is 116 Å². The van der Waals surface area contributed by atoms with Crippen LogP contribution in [0.2, 0.25) is 0 Å². The number of sulfonamides is 1. The molecule has 5 nitrogen and oxygen atoms in total. The Morgan fingerprint density at radius 3 is 2.89 bits per heavy atom. The van der Waals surface area contributed by atoms with Gasteiger partial charge in [0.05, 0.1) is 22.6 Å². The molecule has 0 aliphatic heterocycles. The zero-order valence-corrected chi connectivity index (χ0v) is 12.5. The van der Waals surface area contributed by atoms with Gasteiger partial charge in [0.1, 0.15) is 0 Å². The molecule has 7 heteroatoms. The lowest BCUT2D eigenvalue weighted by Gasteiger charge is -2.03. The SMILES string of the molecule is CCc1ccc2nc(NS(=O)(=O)CCOC)sc2c1. The van der Waals surface area contributed by atoms with Crippen molar-refractivity contribution in [3.8, 4) is 0 Å². The first kappa shape index (κ1) is 14.2. The van der Waals surface area contributed by atoms with Crippen molar-refractivity contribution < 1.29 is 13.2 Å². The fourth-order valence-corrected chi connectivity index (χ4v) is 3.74. The third-order valence-electron chi connectivity index (χ3n) is 2.66. The summed E-state index contributed by atoms with van der Waals surface area (Å²) in [4.78, 5) is 4.27. The molecule has 1 heterocycles. The highest BCUT2D eigenvalue weighted by molar-refractivity contribution is 7.92. The van der Waals surface area contributed by atoms with Crippen molar-refractivity contribution >= 4 is 36.7 Å². The number of benzene rings is 1. The number of fused-ring (bicyclic) bond motifs is 1. The summed E-state index contributed by atoms with van der Waals surface area (Å²) >= 11 is 1.34. The molecule has 0 aliphatic carbocycles. The van der Waals surface area contributed by atoms with Gasteiger partial charge in [-0.3, -0.25) is 4.72 Å². The zero-order chi connectivity index (χ0) is 13.9. The fourth-order valence-electron chi connectivity index (χ4n) is 1.61. The summed E-state index contributed by atoms with van der Waals surface area (Å²) in [5.74, 6) is -0.0698. The number of hydrogen-bond donors (Lipinski definition) is 1. The number of ether oxygens (including phenoxy) is 1. The van der Waals surface area contributed by atoms with Crippen LogP contribution in [0.1, 0.15) is 12.5 Å². The molecule has 0 bridgehead atoms. The average molecular weight is 300 g/mol. The predicted molar refractivity (Wildman–Crippen MR) is 78.3 cm³/mol. The summed E-state index contributed by atoms with van der Waals surface area (Å²) in [6.07, 6.45) is 0.947. The van der Waals surface area contributed by atoms with Gasteiger partial charge in [0.15, 0.2) is 5.13 Å². The monoisotopic (exact) mass is 300 g/mol. The van der Waals surface area contributed by atoms with Crippen LogP contribution in [0.3, 0.4) is 0 Å². The Morgan fingerprint density at radius 1 is 1.42 bits per heavy atom. The minimum Gasteiger partial charge on any atom is -0.384 e. The van der Waals surface area contributed by atoms with Crippen molar-refractivity contribution in [1.29, 1.82) is 0 Å². The smallest absolute Gasteiger partial charge is 0.236 e. The molecule has 104 valence electrons. The van der Waals surface area contributed by atoms with E-state index in [0.29, 0.717) is 5.13 Å². The van der Waals surface area contributed by atoms with Gasteiger partial charge in [-0.15, -0.1) is 0 Å². The molecule has 1 aromatic heterocycles. The number of aryl methyl sites for hydroxylation is 1. The van der Waals surface area contributed by atoms with Crippen molar-refractivity contribution in [2.45, 2.75) is 13.3 Å². The normalized spacial score (nSPS) is 11.9. The number of methoxy groups -OCH3 is 1. The number of rotatable bonds is 6. The van der Waals surface area contributed by atoms with E-state index in [1.807, 2.05) is 18.2 Å². The molecule has 0 saturated heterocycles. The summed E-state index contributed by atoms with van der Waals surface area (Å²) in [5.41, 5.74) is 2.02. The van der Waals surface area contributed by atoms with E-state index < -0.39 is 10.0 Å². The van der Waals surface area contributed by atoms with Gasteiger partial charge in [-0.25, -0.2) is 13.4 Å². The number of nitrogens with zero attached hydrogens (tertiary/aromatic N) is 1. The van der Waals surface area contributed by atoms with Crippen LogP contribution < -0.4 is 4.72 Å². The van der Waals surface area contributed by atoms with E-state index in [2.05, 4.69) is 16.6 Å². The molecule has 2 aromatic rings. The summed E-state index contributed by atoms with van der Waals surface area (Å²) in [7, 11) is -1.92.